The molecule has 0 heterocycles. The van der Waals surface area contributed by atoms with Gasteiger partial charge in [0.2, 0.25) is 0 Å². The fourth-order valence-corrected chi connectivity index (χ4v) is 1.55. The van der Waals surface area contributed by atoms with E-state index in [1.807, 2.05) is 24.3 Å². The number of rotatable bonds is 9. The summed E-state index contributed by atoms with van der Waals surface area (Å²) in [6, 6.07) is 7.93. The predicted molar refractivity (Wildman–Crippen MR) is 71.9 cm³/mol. The zero-order valence-electron chi connectivity index (χ0n) is 11.1. The minimum atomic E-state index is 0.770. The molecule has 0 radical (unpaired) electrons. The summed E-state index contributed by atoms with van der Waals surface area (Å²) < 4.78 is 11.5. The summed E-state index contributed by atoms with van der Waals surface area (Å²) in [5.41, 5.74) is 0. The van der Waals surface area contributed by atoms with Gasteiger partial charge in [-0.05, 0) is 25.0 Å². The van der Waals surface area contributed by atoms with Crippen molar-refractivity contribution in [3.63, 3.8) is 0 Å². The van der Waals surface area contributed by atoms with Crippen molar-refractivity contribution in [3.8, 4) is 11.5 Å². The third-order valence-corrected chi connectivity index (χ3v) is 2.61. The molecule has 0 bridgehead atoms. The van der Waals surface area contributed by atoms with Crippen LogP contribution >= 0.6 is 0 Å². The van der Waals surface area contributed by atoms with Crippen molar-refractivity contribution in [2.75, 3.05) is 13.2 Å². The number of para-hydroxylation sites is 2. The Morgan fingerprint density at radius 3 is 1.82 bits per heavy atom. The van der Waals surface area contributed by atoms with E-state index >= 15 is 0 Å². The minimum Gasteiger partial charge on any atom is -0.490 e. The lowest BCUT2D eigenvalue weighted by Gasteiger charge is -2.12. The number of benzene rings is 1. The van der Waals surface area contributed by atoms with Gasteiger partial charge >= 0.3 is 0 Å². The third kappa shape index (κ3) is 5.62. The van der Waals surface area contributed by atoms with E-state index < -0.39 is 0 Å². The van der Waals surface area contributed by atoms with E-state index in [0.29, 0.717) is 0 Å². The van der Waals surface area contributed by atoms with Crippen molar-refractivity contribution in [2.45, 2.75) is 46.0 Å². The van der Waals surface area contributed by atoms with Crippen LogP contribution in [0.3, 0.4) is 0 Å². The van der Waals surface area contributed by atoms with Crippen LogP contribution in [0.5, 0.6) is 11.5 Å². The normalized spacial score (nSPS) is 10.2. The number of ether oxygens (including phenoxy) is 2. The first kappa shape index (κ1) is 13.9. The average Bonchev–Trinajstić information content (AvgIpc) is 2.36. The molecule has 1 aromatic carbocycles. The average molecular weight is 236 g/mol. The maximum Gasteiger partial charge on any atom is 0.161 e. The largest absolute Gasteiger partial charge is 0.490 e. The number of unbranched alkanes of at least 4 members (excludes halogenated alkanes) is 3. The van der Waals surface area contributed by atoms with Crippen LogP contribution in [0.1, 0.15) is 46.0 Å². The first-order valence-corrected chi connectivity index (χ1v) is 6.73. The Bertz CT molecular complexity index is 297. The molecule has 1 rings (SSSR count). The van der Waals surface area contributed by atoms with Crippen molar-refractivity contribution >= 4 is 0 Å². The molecule has 2 heteroatoms. The van der Waals surface area contributed by atoms with Crippen molar-refractivity contribution < 1.29 is 9.47 Å². The molecule has 2 nitrogen and oxygen atoms in total. The molecular formula is C15H24O2. The van der Waals surface area contributed by atoms with Crippen molar-refractivity contribution in [1.29, 1.82) is 0 Å². The van der Waals surface area contributed by atoms with E-state index in [1.165, 1.54) is 12.8 Å². The van der Waals surface area contributed by atoms with Gasteiger partial charge in [-0.25, -0.2) is 0 Å². The highest BCUT2D eigenvalue weighted by molar-refractivity contribution is 5.39. The van der Waals surface area contributed by atoms with E-state index in [0.717, 1.165) is 44.0 Å². The molecule has 0 amide bonds. The summed E-state index contributed by atoms with van der Waals surface area (Å²) in [4.78, 5) is 0. The number of hydrogen-bond acceptors (Lipinski definition) is 2. The van der Waals surface area contributed by atoms with Crippen LogP contribution in [0, 0.1) is 0 Å². The highest BCUT2D eigenvalue weighted by Gasteiger charge is 2.03. The number of hydrogen-bond donors (Lipinski definition) is 0. The molecule has 0 unspecified atom stereocenters. The molecule has 0 fully saturated rings. The van der Waals surface area contributed by atoms with Crippen LogP contribution < -0.4 is 9.47 Å². The smallest absolute Gasteiger partial charge is 0.161 e. The van der Waals surface area contributed by atoms with E-state index in [4.69, 9.17) is 9.47 Å². The Morgan fingerprint density at radius 2 is 1.29 bits per heavy atom. The predicted octanol–water partition coefficient (Wildman–Crippen LogP) is 4.43. The Balaban J connectivity index is 2.40. The topological polar surface area (TPSA) is 18.5 Å². The van der Waals surface area contributed by atoms with Crippen LogP contribution in [0.2, 0.25) is 0 Å². The molecule has 17 heavy (non-hydrogen) atoms. The van der Waals surface area contributed by atoms with Gasteiger partial charge in [0.05, 0.1) is 13.2 Å². The molecule has 0 saturated heterocycles. The summed E-state index contributed by atoms with van der Waals surface area (Å²) in [5.74, 6) is 1.75. The molecule has 0 N–H and O–H groups in total. The lowest BCUT2D eigenvalue weighted by atomic mass is 10.2. The third-order valence-electron chi connectivity index (χ3n) is 2.61. The van der Waals surface area contributed by atoms with E-state index in [9.17, 15) is 0 Å². The van der Waals surface area contributed by atoms with Crippen molar-refractivity contribution in [3.05, 3.63) is 24.3 Å². The molecule has 1 aromatic rings. The molecule has 0 spiro atoms. The fraction of sp³-hybridized carbons (Fsp3) is 0.600. The molecule has 96 valence electrons. The SMILES string of the molecule is CCCCCOc1ccccc1OCCCC. The summed E-state index contributed by atoms with van der Waals surface area (Å²) in [6.45, 7) is 5.91. The van der Waals surface area contributed by atoms with Crippen LogP contribution in [0.25, 0.3) is 0 Å². The zero-order valence-corrected chi connectivity index (χ0v) is 11.1. The van der Waals surface area contributed by atoms with Gasteiger partial charge in [0.1, 0.15) is 0 Å². The van der Waals surface area contributed by atoms with Gasteiger partial charge in [0.15, 0.2) is 11.5 Å². The van der Waals surface area contributed by atoms with Crippen LogP contribution in [-0.4, -0.2) is 13.2 Å². The van der Waals surface area contributed by atoms with Crippen LogP contribution in [-0.2, 0) is 0 Å². The summed E-state index contributed by atoms with van der Waals surface area (Å²) in [6.07, 6.45) is 5.79. The van der Waals surface area contributed by atoms with Gasteiger partial charge in [-0.15, -0.1) is 0 Å². The van der Waals surface area contributed by atoms with E-state index in [1.54, 1.807) is 0 Å². The van der Waals surface area contributed by atoms with Gasteiger partial charge in [0, 0.05) is 0 Å². The van der Waals surface area contributed by atoms with Crippen molar-refractivity contribution in [1.82, 2.24) is 0 Å². The van der Waals surface area contributed by atoms with Gasteiger partial charge in [-0.2, -0.15) is 0 Å². The maximum absolute atomic E-state index is 5.74. The second kappa shape index (κ2) is 8.91. The van der Waals surface area contributed by atoms with Crippen molar-refractivity contribution in [2.24, 2.45) is 0 Å². The summed E-state index contributed by atoms with van der Waals surface area (Å²) >= 11 is 0. The first-order valence-electron chi connectivity index (χ1n) is 6.73. The molecule has 0 aliphatic carbocycles. The molecular weight excluding hydrogens is 212 g/mol. The highest BCUT2D eigenvalue weighted by Crippen LogP contribution is 2.26. The molecule has 0 aromatic heterocycles. The minimum absolute atomic E-state index is 0.770. The van der Waals surface area contributed by atoms with E-state index in [2.05, 4.69) is 13.8 Å². The van der Waals surface area contributed by atoms with Crippen LogP contribution in [0.4, 0.5) is 0 Å². The quantitative estimate of drug-likeness (QED) is 0.590. The van der Waals surface area contributed by atoms with Crippen LogP contribution in [0.15, 0.2) is 24.3 Å². The summed E-state index contributed by atoms with van der Waals surface area (Å²) in [7, 11) is 0. The Labute approximate surface area is 105 Å². The Morgan fingerprint density at radius 1 is 0.765 bits per heavy atom. The lowest BCUT2D eigenvalue weighted by molar-refractivity contribution is 0.261. The monoisotopic (exact) mass is 236 g/mol. The van der Waals surface area contributed by atoms with Gasteiger partial charge < -0.3 is 9.47 Å². The fourth-order valence-electron chi connectivity index (χ4n) is 1.55. The van der Waals surface area contributed by atoms with Gasteiger partial charge in [-0.1, -0.05) is 45.2 Å². The Hall–Kier alpha value is -1.18. The molecule has 0 aliphatic rings. The van der Waals surface area contributed by atoms with Gasteiger partial charge in [-0.3, -0.25) is 0 Å². The van der Waals surface area contributed by atoms with E-state index in [-0.39, 0.29) is 0 Å². The molecule has 0 aliphatic heterocycles. The Kier molecular flexibility index (Phi) is 7.28. The second-order valence-corrected chi connectivity index (χ2v) is 4.20. The standard InChI is InChI=1S/C15H24O2/c1-3-5-9-13-17-15-11-8-7-10-14(15)16-12-6-4-2/h7-8,10-11H,3-6,9,12-13H2,1-2H3. The first-order chi connectivity index (χ1) is 8.38. The molecule has 0 saturated carbocycles. The summed E-state index contributed by atoms with van der Waals surface area (Å²) in [5, 5.41) is 0. The maximum atomic E-state index is 5.74. The molecule has 0 atom stereocenters. The lowest BCUT2D eigenvalue weighted by Crippen LogP contribution is -2.02. The van der Waals surface area contributed by atoms with Gasteiger partial charge in [0.25, 0.3) is 0 Å². The second-order valence-electron chi connectivity index (χ2n) is 4.20. The zero-order chi connectivity index (χ0) is 12.3. The highest BCUT2D eigenvalue weighted by atomic mass is 16.5.